The van der Waals surface area contributed by atoms with Crippen molar-refractivity contribution < 1.29 is 13.2 Å². The van der Waals surface area contributed by atoms with E-state index in [9.17, 15) is 13.2 Å². The summed E-state index contributed by atoms with van der Waals surface area (Å²) in [5, 5.41) is -0.216. The summed E-state index contributed by atoms with van der Waals surface area (Å²) in [6.45, 7) is 3.75. The van der Waals surface area contributed by atoms with Gasteiger partial charge in [0, 0.05) is 4.90 Å². The number of carbonyl (C=O) groups is 1. The zero-order valence-electron chi connectivity index (χ0n) is 15.0. The highest BCUT2D eigenvalue weighted by atomic mass is 32.2. The third-order valence-corrected chi connectivity index (χ3v) is 6.22. The van der Waals surface area contributed by atoms with E-state index in [2.05, 4.69) is 4.72 Å². The highest BCUT2D eigenvalue weighted by Gasteiger charge is 2.19. The van der Waals surface area contributed by atoms with Crippen LogP contribution in [0.2, 0.25) is 0 Å². The van der Waals surface area contributed by atoms with E-state index in [-0.39, 0.29) is 15.7 Å². The van der Waals surface area contributed by atoms with Crippen molar-refractivity contribution in [3.05, 3.63) is 89.5 Å². The Labute approximate surface area is 163 Å². The molecule has 0 amide bonds. The molecule has 0 bridgehead atoms. The van der Waals surface area contributed by atoms with Crippen molar-refractivity contribution in [1.82, 2.24) is 0 Å². The molecule has 3 rings (SSSR count). The predicted octanol–water partition coefficient (Wildman–Crippen LogP) is 5.04. The van der Waals surface area contributed by atoms with Crippen LogP contribution in [0.3, 0.4) is 0 Å². The van der Waals surface area contributed by atoms with E-state index in [0.29, 0.717) is 5.56 Å². The number of aryl methyl sites for hydroxylation is 2. The van der Waals surface area contributed by atoms with E-state index in [4.69, 9.17) is 0 Å². The van der Waals surface area contributed by atoms with E-state index < -0.39 is 10.0 Å². The molecule has 6 heteroatoms. The summed E-state index contributed by atoms with van der Waals surface area (Å²) in [6.07, 6.45) is 0. The highest BCUT2D eigenvalue weighted by Crippen LogP contribution is 2.29. The topological polar surface area (TPSA) is 63.2 Å². The van der Waals surface area contributed by atoms with Gasteiger partial charge < -0.3 is 0 Å². The Morgan fingerprint density at radius 3 is 2.15 bits per heavy atom. The summed E-state index contributed by atoms with van der Waals surface area (Å²) in [6, 6.07) is 20.9. The smallest absolute Gasteiger partial charge is 0.261 e. The van der Waals surface area contributed by atoms with Gasteiger partial charge in [0.05, 0.1) is 16.1 Å². The molecular formula is C21H19NO3S2. The Balaban J connectivity index is 1.92. The van der Waals surface area contributed by atoms with Crippen LogP contribution in [-0.2, 0) is 10.0 Å². The van der Waals surface area contributed by atoms with Gasteiger partial charge in [-0.3, -0.25) is 9.52 Å². The van der Waals surface area contributed by atoms with Crippen LogP contribution in [0.25, 0.3) is 0 Å². The van der Waals surface area contributed by atoms with Gasteiger partial charge in [-0.05, 0) is 62.0 Å². The molecule has 3 aromatic carbocycles. The summed E-state index contributed by atoms with van der Waals surface area (Å²) >= 11 is 1.07. The van der Waals surface area contributed by atoms with Crippen molar-refractivity contribution in [2.45, 2.75) is 23.6 Å². The van der Waals surface area contributed by atoms with E-state index >= 15 is 0 Å². The van der Waals surface area contributed by atoms with Gasteiger partial charge in [-0.15, -0.1) is 0 Å². The minimum Gasteiger partial charge on any atom is -0.281 e. The zero-order valence-corrected chi connectivity index (χ0v) is 16.6. The van der Waals surface area contributed by atoms with Crippen molar-refractivity contribution in [3.63, 3.8) is 0 Å². The normalized spacial score (nSPS) is 11.2. The maximum Gasteiger partial charge on any atom is 0.261 e. The van der Waals surface area contributed by atoms with Gasteiger partial charge in [0.2, 0.25) is 5.12 Å². The summed E-state index contributed by atoms with van der Waals surface area (Å²) < 4.78 is 28.0. The lowest BCUT2D eigenvalue weighted by molar-refractivity contribution is 0.108. The molecule has 27 heavy (non-hydrogen) atoms. The number of hydrogen-bond donors (Lipinski definition) is 1. The molecule has 0 unspecified atom stereocenters. The fraction of sp³-hybridized carbons (Fsp3) is 0.0952. The average molecular weight is 398 g/mol. The maximum absolute atomic E-state index is 12.8. The summed E-state index contributed by atoms with van der Waals surface area (Å²) in [5.74, 6) is 0. The number of sulfonamides is 1. The quantitative estimate of drug-likeness (QED) is 0.613. The standard InChI is InChI=1S/C21H19NO3S2/c1-15-8-11-18(12-9-15)27(24,25)22-20-13-10-16(2)14-19(20)21(23)26-17-6-4-3-5-7-17/h3-14,22H,1-2H3. The number of nitrogens with one attached hydrogen (secondary N) is 1. The lowest BCUT2D eigenvalue weighted by atomic mass is 10.1. The van der Waals surface area contributed by atoms with E-state index in [1.54, 1.807) is 42.5 Å². The lowest BCUT2D eigenvalue weighted by Gasteiger charge is -2.13. The molecular weight excluding hydrogens is 378 g/mol. The van der Waals surface area contributed by atoms with Crippen LogP contribution in [0.1, 0.15) is 21.5 Å². The van der Waals surface area contributed by atoms with Gasteiger partial charge in [-0.1, -0.05) is 47.5 Å². The molecule has 1 N–H and O–H groups in total. The number of anilines is 1. The second-order valence-corrected chi connectivity index (χ2v) is 8.90. The minimum absolute atomic E-state index is 0.155. The van der Waals surface area contributed by atoms with E-state index in [1.807, 2.05) is 44.2 Å². The Morgan fingerprint density at radius 1 is 0.852 bits per heavy atom. The molecule has 0 atom stereocenters. The largest absolute Gasteiger partial charge is 0.281 e. The highest BCUT2D eigenvalue weighted by molar-refractivity contribution is 8.14. The third kappa shape index (κ3) is 4.78. The Morgan fingerprint density at radius 2 is 1.48 bits per heavy atom. The monoisotopic (exact) mass is 397 g/mol. The molecule has 138 valence electrons. The molecule has 0 radical (unpaired) electrons. The number of thioether (sulfide) groups is 1. The Kier molecular flexibility index (Phi) is 5.68. The molecule has 0 aliphatic rings. The van der Waals surface area contributed by atoms with Crippen LogP contribution in [0.15, 0.2) is 82.6 Å². The average Bonchev–Trinajstić information content (AvgIpc) is 2.64. The summed E-state index contributed by atoms with van der Waals surface area (Å²) in [4.78, 5) is 13.7. The fourth-order valence-electron chi connectivity index (χ4n) is 2.49. The van der Waals surface area contributed by atoms with E-state index in [1.165, 1.54) is 0 Å². The van der Waals surface area contributed by atoms with Crippen LogP contribution in [0.5, 0.6) is 0 Å². The predicted molar refractivity (Wildman–Crippen MR) is 110 cm³/mol. The van der Waals surface area contributed by atoms with Crippen LogP contribution in [0.4, 0.5) is 5.69 Å². The minimum atomic E-state index is -3.78. The molecule has 0 aromatic heterocycles. The van der Waals surface area contributed by atoms with E-state index in [0.717, 1.165) is 27.8 Å². The number of rotatable bonds is 5. The fourth-order valence-corrected chi connectivity index (χ4v) is 4.35. The molecule has 0 spiro atoms. The van der Waals surface area contributed by atoms with Crippen LogP contribution in [0, 0.1) is 13.8 Å². The van der Waals surface area contributed by atoms with Crippen molar-refractivity contribution >= 4 is 32.6 Å². The molecule has 0 heterocycles. The molecule has 4 nitrogen and oxygen atoms in total. The number of carbonyl (C=O) groups excluding carboxylic acids is 1. The van der Waals surface area contributed by atoms with Gasteiger partial charge in [0.25, 0.3) is 10.0 Å². The first kappa shape index (κ1) is 19.2. The molecule has 3 aromatic rings. The second-order valence-electron chi connectivity index (χ2n) is 6.17. The Bertz CT molecular complexity index is 1060. The van der Waals surface area contributed by atoms with Crippen molar-refractivity contribution in [2.24, 2.45) is 0 Å². The van der Waals surface area contributed by atoms with Crippen molar-refractivity contribution in [1.29, 1.82) is 0 Å². The first-order valence-corrected chi connectivity index (χ1v) is 10.6. The SMILES string of the molecule is Cc1ccc(S(=O)(=O)Nc2ccc(C)cc2C(=O)Sc2ccccc2)cc1. The molecule has 0 aliphatic carbocycles. The molecule has 0 saturated heterocycles. The van der Waals surface area contributed by atoms with Crippen molar-refractivity contribution in [2.75, 3.05) is 4.72 Å². The number of hydrogen-bond acceptors (Lipinski definition) is 4. The van der Waals surface area contributed by atoms with Crippen molar-refractivity contribution in [3.8, 4) is 0 Å². The maximum atomic E-state index is 12.8. The Hall–Kier alpha value is -2.57. The van der Waals surface area contributed by atoms with Gasteiger partial charge in [0.15, 0.2) is 0 Å². The summed E-state index contributed by atoms with van der Waals surface area (Å²) in [5.41, 5.74) is 2.46. The third-order valence-electron chi connectivity index (χ3n) is 3.92. The van der Waals surface area contributed by atoms with Crippen LogP contribution in [-0.4, -0.2) is 13.5 Å². The van der Waals surface area contributed by atoms with Gasteiger partial charge >= 0.3 is 0 Å². The molecule has 0 saturated carbocycles. The molecule has 0 fully saturated rings. The number of benzene rings is 3. The first-order chi connectivity index (χ1) is 12.8. The van der Waals surface area contributed by atoms with Crippen LogP contribution < -0.4 is 4.72 Å². The summed E-state index contributed by atoms with van der Waals surface area (Å²) in [7, 11) is -3.78. The zero-order chi connectivity index (χ0) is 19.4. The molecule has 0 aliphatic heterocycles. The van der Waals surface area contributed by atoms with Crippen LogP contribution >= 0.6 is 11.8 Å². The first-order valence-electron chi connectivity index (χ1n) is 8.32. The lowest BCUT2D eigenvalue weighted by Crippen LogP contribution is -2.15. The van der Waals surface area contributed by atoms with Gasteiger partial charge in [0.1, 0.15) is 0 Å². The second kappa shape index (κ2) is 7.98. The van der Waals surface area contributed by atoms with Gasteiger partial charge in [-0.25, -0.2) is 8.42 Å². The van der Waals surface area contributed by atoms with Gasteiger partial charge in [-0.2, -0.15) is 0 Å².